The third-order valence-corrected chi connectivity index (χ3v) is 6.66. The van der Waals surface area contributed by atoms with Gasteiger partial charge in [-0.15, -0.1) is 0 Å². The van der Waals surface area contributed by atoms with E-state index in [4.69, 9.17) is 0 Å². The molecule has 3 amide bonds. The van der Waals surface area contributed by atoms with Crippen molar-refractivity contribution in [2.24, 2.45) is 5.10 Å². The van der Waals surface area contributed by atoms with Crippen molar-refractivity contribution in [3.8, 4) is 0 Å². The van der Waals surface area contributed by atoms with Gasteiger partial charge in [0.25, 0.3) is 5.91 Å². The van der Waals surface area contributed by atoms with Gasteiger partial charge in [0, 0.05) is 42.7 Å². The second-order valence-electron chi connectivity index (χ2n) is 9.09. The Morgan fingerprint density at radius 2 is 1.59 bits per heavy atom. The number of hydrogen-bond acceptors (Lipinski definition) is 4. The van der Waals surface area contributed by atoms with E-state index in [-0.39, 0.29) is 30.6 Å². The summed E-state index contributed by atoms with van der Waals surface area (Å²) in [4.78, 5) is 40.3. The Hall–Kier alpha value is -4.33. The zero-order valence-corrected chi connectivity index (χ0v) is 20.3. The average Bonchev–Trinajstić information content (AvgIpc) is 3.43. The normalized spacial score (nSPS) is 14.7. The number of hydrogen-bond donors (Lipinski definition) is 1. The van der Waals surface area contributed by atoms with Crippen LogP contribution in [0.15, 0.2) is 77.9 Å². The standard InChI is InChI=1S/C29H27FN4O3/c30-22-13-11-21(12-14-22)29(37)31-25-9-4-10-26-23(25)8-5-18-33(26)27(35)15-16-28(36)34-19-17-24(32-34)20-6-2-1-3-7-20/h1-4,6-7,9-14H,5,8,15-19H2,(H,31,37). The minimum absolute atomic E-state index is 0.0805. The molecule has 8 heteroatoms. The minimum Gasteiger partial charge on any atom is -0.322 e. The number of halogens is 1. The lowest BCUT2D eigenvalue weighted by molar-refractivity contribution is -0.132. The van der Waals surface area contributed by atoms with Crippen LogP contribution in [0.25, 0.3) is 0 Å². The van der Waals surface area contributed by atoms with Crippen LogP contribution in [0, 0.1) is 5.82 Å². The number of nitrogens with zero attached hydrogens (tertiary/aromatic N) is 3. The molecule has 3 aromatic carbocycles. The molecule has 0 bridgehead atoms. The van der Waals surface area contributed by atoms with Crippen molar-refractivity contribution in [3.05, 3.63) is 95.3 Å². The van der Waals surface area contributed by atoms with E-state index in [0.717, 1.165) is 28.9 Å². The van der Waals surface area contributed by atoms with E-state index in [9.17, 15) is 18.8 Å². The summed E-state index contributed by atoms with van der Waals surface area (Å²) >= 11 is 0. The number of benzene rings is 3. The second-order valence-corrected chi connectivity index (χ2v) is 9.09. The highest BCUT2D eigenvalue weighted by Gasteiger charge is 2.27. The van der Waals surface area contributed by atoms with Gasteiger partial charge >= 0.3 is 0 Å². The number of fused-ring (bicyclic) bond motifs is 1. The summed E-state index contributed by atoms with van der Waals surface area (Å²) < 4.78 is 13.2. The van der Waals surface area contributed by atoms with Gasteiger partial charge in [-0.25, -0.2) is 9.40 Å². The molecular weight excluding hydrogens is 471 g/mol. The molecule has 0 atom stereocenters. The summed E-state index contributed by atoms with van der Waals surface area (Å²) in [6.07, 6.45) is 2.31. The first-order valence-corrected chi connectivity index (χ1v) is 12.4. The van der Waals surface area contributed by atoms with Crippen molar-refractivity contribution in [1.29, 1.82) is 0 Å². The Labute approximate surface area is 214 Å². The van der Waals surface area contributed by atoms with Crippen LogP contribution in [0.3, 0.4) is 0 Å². The van der Waals surface area contributed by atoms with Crippen molar-refractivity contribution >= 4 is 34.8 Å². The van der Waals surface area contributed by atoms with Crippen LogP contribution in [0.2, 0.25) is 0 Å². The lowest BCUT2D eigenvalue weighted by Crippen LogP contribution is -2.36. The molecule has 3 aromatic rings. The van der Waals surface area contributed by atoms with Gasteiger partial charge in [-0.05, 0) is 60.4 Å². The maximum atomic E-state index is 13.2. The molecule has 0 fully saturated rings. The fourth-order valence-corrected chi connectivity index (χ4v) is 4.75. The van der Waals surface area contributed by atoms with Crippen LogP contribution in [0.5, 0.6) is 0 Å². The summed E-state index contributed by atoms with van der Waals surface area (Å²) in [5.74, 6) is -1.06. The first-order valence-electron chi connectivity index (χ1n) is 12.4. The van der Waals surface area contributed by atoms with E-state index in [1.807, 2.05) is 36.4 Å². The van der Waals surface area contributed by atoms with E-state index in [0.29, 0.717) is 37.2 Å². The molecule has 2 heterocycles. The predicted octanol–water partition coefficient (Wildman–Crippen LogP) is 4.77. The topological polar surface area (TPSA) is 82.1 Å². The first-order chi connectivity index (χ1) is 18.0. The molecule has 37 heavy (non-hydrogen) atoms. The third-order valence-electron chi connectivity index (χ3n) is 6.66. The average molecular weight is 499 g/mol. The zero-order valence-electron chi connectivity index (χ0n) is 20.3. The van der Waals surface area contributed by atoms with Gasteiger partial charge in [-0.1, -0.05) is 36.4 Å². The van der Waals surface area contributed by atoms with Crippen LogP contribution in [-0.2, 0) is 16.0 Å². The highest BCUT2D eigenvalue weighted by molar-refractivity contribution is 6.06. The molecular formula is C29H27FN4O3. The smallest absolute Gasteiger partial charge is 0.255 e. The van der Waals surface area contributed by atoms with Crippen molar-refractivity contribution in [1.82, 2.24) is 5.01 Å². The van der Waals surface area contributed by atoms with Crippen LogP contribution >= 0.6 is 0 Å². The van der Waals surface area contributed by atoms with Gasteiger partial charge in [-0.3, -0.25) is 14.4 Å². The number of anilines is 2. The SMILES string of the molecule is O=C(Nc1cccc2c1CCCN2C(=O)CCC(=O)N1CCC(c2ccccc2)=N1)c1ccc(F)cc1. The Balaban J connectivity index is 1.23. The van der Waals surface area contributed by atoms with E-state index in [2.05, 4.69) is 10.4 Å². The molecule has 2 aliphatic heterocycles. The summed E-state index contributed by atoms with van der Waals surface area (Å²) in [5, 5.41) is 8.82. The lowest BCUT2D eigenvalue weighted by Gasteiger charge is -2.31. The number of carbonyl (C=O) groups is 3. The maximum absolute atomic E-state index is 13.2. The summed E-state index contributed by atoms with van der Waals surface area (Å²) in [5.41, 5.74) is 4.47. The number of amides is 3. The first kappa shape index (κ1) is 24.4. The predicted molar refractivity (Wildman–Crippen MR) is 140 cm³/mol. The van der Waals surface area contributed by atoms with Gasteiger partial charge in [-0.2, -0.15) is 5.10 Å². The highest BCUT2D eigenvalue weighted by Crippen LogP contribution is 2.33. The fraction of sp³-hybridized carbons (Fsp3) is 0.241. The molecule has 0 saturated heterocycles. The highest BCUT2D eigenvalue weighted by atomic mass is 19.1. The molecule has 188 valence electrons. The summed E-state index contributed by atoms with van der Waals surface area (Å²) in [6.45, 7) is 1.07. The van der Waals surface area contributed by atoms with Crippen molar-refractivity contribution in [3.63, 3.8) is 0 Å². The molecule has 5 rings (SSSR count). The third kappa shape index (κ3) is 5.43. The number of carbonyl (C=O) groups excluding carboxylic acids is 3. The second kappa shape index (κ2) is 10.7. The molecule has 0 spiro atoms. The van der Waals surface area contributed by atoms with Gasteiger partial charge in [0.15, 0.2) is 0 Å². The van der Waals surface area contributed by atoms with Crippen LogP contribution in [-0.4, -0.2) is 41.5 Å². The molecule has 0 unspecified atom stereocenters. The van der Waals surface area contributed by atoms with Crippen LogP contribution in [0.4, 0.5) is 15.8 Å². The largest absolute Gasteiger partial charge is 0.322 e. The molecule has 2 aliphatic rings. The maximum Gasteiger partial charge on any atom is 0.255 e. The van der Waals surface area contributed by atoms with E-state index < -0.39 is 5.82 Å². The fourth-order valence-electron chi connectivity index (χ4n) is 4.75. The van der Waals surface area contributed by atoms with Crippen molar-refractivity contribution in [2.45, 2.75) is 32.1 Å². The van der Waals surface area contributed by atoms with Gasteiger partial charge < -0.3 is 10.2 Å². The van der Waals surface area contributed by atoms with E-state index in [1.165, 1.54) is 29.3 Å². The Morgan fingerprint density at radius 3 is 2.38 bits per heavy atom. The Morgan fingerprint density at radius 1 is 0.838 bits per heavy atom. The molecule has 7 nitrogen and oxygen atoms in total. The minimum atomic E-state index is -0.408. The Bertz CT molecular complexity index is 1360. The van der Waals surface area contributed by atoms with Gasteiger partial charge in [0.2, 0.25) is 11.8 Å². The van der Waals surface area contributed by atoms with Gasteiger partial charge in [0.05, 0.1) is 12.3 Å². The quantitative estimate of drug-likeness (QED) is 0.531. The Kier molecular flexibility index (Phi) is 7.07. The lowest BCUT2D eigenvalue weighted by atomic mass is 9.98. The van der Waals surface area contributed by atoms with Crippen LogP contribution in [0.1, 0.15) is 47.2 Å². The number of hydrazone groups is 1. The molecule has 0 saturated carbocycles. The summed E-state index contributed by atoms with van der Waals surface area (Å²) in [7, 11) is 0. The van der Waals surface area contributed by atoms with Crippen LogP contribution < -0.4 is 10.2 Å². The van der Waals surface area contributed by atoms with E-state index in [1.54, 1.807) is 17.0 Å². The number of rotatable bonds is 6. The zero-order chi connectivity index (χ0) is 25.8. The van der Waals surface area contributed by atoms with Crippen molar-refractivity contribution in [2.75, 3.05) is 23.3 Å². The molecule has 0 aliphatic carbocycles. The number of nitrogens with one attached hydrogen (secondary N) is 1. The summed E-state index contributed by atoms with van der Waals surface area (Å²) in [6, 6.07) is 20.6. The molecule has 1 N–H and O–H groups in total. The van der Waals surface area contributed by atoms with Gasteiger partial charge in [0.1, 0.15) is 5.82 Å². The molecule has 0 aromatic heterocycles. The molecule has 0 radical (unpaired) electrons. The van der Waals surface area contributed by atoms with E-state index >= 15 is 0 Å². The van der Waals surface area contributed by atoms with Crippen molar-refractivity contribution < 1.29 is 18.8 Å². The monoisotopic (exact) mass is 498 g/mol.